The molecule has 2 unspecified atom stereocenters. The van der Waals surface area contributed by atoms with E-state index in [-0.39, 0.29) is 42.6 Å². The zero-order chi connectivity index (χ0) is 29.6. The second-order valence-corrected chi connectivity index (χ2v) is 11.7. The molecule has 4 rings (SSSR count). The van der Waals surface area contributed by atoms with Gasteiger partial charge in [-0.2, -0.15) is 0 Å². The van der Waals surface area contributed by atoms with Gasteiger partial charge in [0.15, 0.2) is 12.6 Å². The van der Waals surface area contributed by atoms with Crippen LogP contribution in [0.1, 0.15) is 70.6 Å². The number of methoxy groups -OCH3 is 1. The molecular weight excluding hydrogens is 560 g/mol. The van der Waals surface area contributed by atoms with E-state index in [1.807, 2.05) is 18.2 Å². The third-order valence-electron chi connectivity index (χ3n) is 8.15. The van der Waals surface area contributed by atoms with Gasteiger partial charge in [-0.05, 0) is 88.0 Å². The predicted octanol–water partition coefficient (Wildman–Crippen LogP) is 6.39. The second kappa shape index (κ2) is 18.0. The van der Waals surface area contributed by atoms with Gasteiger partial charge in [-0.1, -0.05) is 35.9 Å². The number of aliphatic hydroxyl groups excluding tert-OH is 1. The second-order valence-electron chi connectivity index (χ2n) is 11.3. The molecule has 0 bridgehead atoms. The molecule has 9 heteroatoms. The van der Waals surface area contributed by atoms with Crippen molar-refractivity contribution < 1.29 is 38.3 Å². The van der Waals surface area contributed by atoms with Crippen LogP contribution in [-0.2, 0) is 28.5 Å². The number of ether oxygens (including phenoxy) is 6. The largest absolute Gasteiger partial charge is 0.491 e. The maximum absolute atomic E-state index is 11.4. The molecule has 0 spiro atoms. The summed E-state index contributed by atoms with van der Waals surface area (Å²) in [5.74, 6) is 0.475. The van der Waals surface area contributed by atoms with Crippen molar-refractivity contribution >= 4 is 17.6 Å². The lowest BCUT2D eigenvalue weighted by Crippen LogP contribution is -2.32. The molecule has 0 amide bonds. The number of allylic oxidation sites excluding steroid dienone is 2. The zero-order valence-electron chi connectivity index (χ0n) is 24.7. The van der Waals surface area contributed by atoms with Crippen LogP contribution in [0.3, 0.4) is 0 Å². The molecule has 3 fully saturated rings. The minimum atomic E-state index is -0.501. The van der Waals surface area contributed by atoms with E-state index < -0.39 is 6.10 Å². The summed E-state index contributed by atoms with van der Waals surface area (Å²) in [7, 11) is 1.41. The van der Waals surface area contributed by atoms with Crippen molar-refractivity contribution in [1.82, 2.24) is 0 Å². The van der Waals surface area contributed by atoms with Gasteiger partial charge in [-0.25, -0.2) is 0 Å². The van der Waals surface area contributed by atoms with Crippen LogP contribution in [0.2, 0.25) is 5.02 Å². The number of unbranched alkanes of at least 4 members (excludes halogenated alkanes) is 1. The maximum Gasteiger partial charge on any atom is 0.305 e. The zero-order valence-corrected chi connectivity index (χ0v) is 25.5. The molecule has 8 nitrogen and oxygen atoms in total. The molecule has 0 radical (unpaired) electrons. The number of carbonyl (C=O) groups is 1. The average Bonchev–Trinajstić information content (AvgIpc) is 3.30. The summed E-state index contributed by atoms with van der Waals surface area (Å²) in [5.41, 5.74) is 0. The van der Waals surface area contributed by atoms with E-state index in [1.54, 1.807) is 12.1 Å². The van der Waals surface area contributed by atoms with Gasteiger partial charge in [-0.15, -0.1) is 0 Å². The minimum absolute atomic E-state index is 0.0181. The first-order valence-corrected chi connectivity index (χ1v) is 15.9. The fraction of sp³-hybridized carbons (Fsp3) is 0.667. The van der Waals surface area contributed by atoms with E-state index in [0.717, 1.165) is 51.4 Å². The van der Waals surface area contributed by atoms with Crippen molar-refractivity contribution in [3.05, 3.63) is 53.6 Å². The summed E-state index contributed by atoms with van der Waals surface area (Å²) in [6.45, 7) is 1.71. The average molecular weight is 607 g/mol. The molecule has 42 heavy (non-hydrogen) atoms. The van der Waals surface area contributed by atoms with E-state index in [4.69, 9.17) is 40.0 Å². The molecule has 2 aliphatic heterocycles. The Morgan fingerprint density at radius 2 is 1.81 bits per heavy atom. The normalized spacial score (nSPS) is 29.2. The van der Waals surface area contributed by atoms with E-state index in [1.165, 1.54) is 7.11 Å². The van der Waals surface area contributed by atoms with Crippen LogP contribution in [0.25, 0.3) is 0 Å². The van der Waals surface area contributed by atoms with Crippen LogP contribution in [0.5, 0.6) is 5.75 Å². The first-order chi connectivity index (χ1) is 20.5. The number of aliphatic hydroxyl groups is 1. The van der Waals surface area contributed by atoms with Crippen LogP contribution in [0.15, 0.2) is 48.6 Å². The number of hydrogen-bond donors (Lipinski definition) is 1. The van der Waals surface area contributed by atoms with E-state index in [0.29, 0.717) is 49.9 Å². The Bertz CT molecular complexity index is 971. The molecule has 7 atom stereocenters. The molecule has 0 aromatic heterocycles. The summed E-state index contributed by atoms with van der Waals surface area (Å²) in [6, 6.07) is 7.29. The van der Waals surface area contributed by atoms with Gasteiger partial charge in [0.05, 0.1) is 19.3 Å². The molecule has 2 heterocycles. The third-order valence-corrected chi connectivity index (χ3v) is 8.40. The Balaban J connectivity index is 1.44. The monoisotopic (exact) mass is 606 g/mol. The smallest absolute Gasteiger partial charge is 0.305 e. The minimum Gasteiger partial charge on any atom is -0.491 e. The number of benzene rings is 1. The van der Waals surface area contributed by atoms with Crippen LogP contribution in [0, 0.1) is 11.8 Å². The Labute approximate surface area is 255 Å². The Kier molecular flexibility index (Phi) is 14.1. The third kappa shape index (κ3) is 11.0. The molecule has 234 valence electrons. The lowest BCUT2D eigenvalue weighted by molar-refractivity contribution is -0.193. The maximum atomic E-state index is 11.4. The standard InChI is InChI=1S/C33H47ClO8/c1-37-31(36)11-5-3-2-4-10-27-28(30(22-29(27)35)42-33-13-7-9-21-39-33)19-18-26(41-32-12-6-8-20-38-32)23-40-25-16-14-24(34)15-17-25/h2,4,14-19,26-30,32-33,35H,3,5-13,20-23H2,1H3/t26-,27-,28-,29-,30-,32?,33?/m1/s1. The summed E-state index contributed by atoms with van der Waals surface area (Å²) in [4.78, 5) is 11.4. The fourth-order valence-corrected chi connectivity index (χ4v) is 5.92. The van der Waals surface area contributed by atoms with E-state index in [9.17, 15) is 9.90 Å². The first kappa shape index (κ1) is 33.0. The Hall–Kier alpha value is -1.94. The van der Waals surface area contributed by atoms with Crippen molar-refractivity contribution in [1.29, 1.82) is 0 Å². The lowest BCUT2D eigenvalue weighted by Gasteiger charge is -2.30. The van der Waals surface area contributed by atoms with Crippen LogP contribution >= 0.6 is 11.6 Å². The van der Waals surface area contributed by atoms with E-state index in [2.05, 4.69) is 18.2 Å². The molecule has 1 N–H and O–H groups in total. The molecule has 1 aliphatic carbocycles. The number of carbonyl (C=O) groups excluding carboxylic acids is 1. The van der Waals surface area contributed by atoms with Gasteiger partial charge in [0.25, 0.3) is 0 Å². The highest BCUT2D eigenvalue weighted by Crippen LogP contribution is 2.39. The van der Waals surface area contributed by atoms with Crippen LogP contribution < -0.4 is 4.74 Å². The summed E-state index contributed by atoms with van der Waals surface area (Å²) in [6.07, 6.45) is 16.0. The Morgan fingerprint density at radius 3 is 2.50 bits per heavy atom. The number of hydrogen-bond acceptors (Lipinski definition) is 8. The fourth-order valence-electron chi connectivity index (χ4n) is 5.80. The molecular formula is C33H47ClO8. The van der Waals surface area contributed by atoms with Gasteiger partial charge < -0.3 is 33.5 Å². The van der Waals surface area contributed by atoms with Crippen molar-refractivity contribution in [3.8, 4) is 5.75 Å². The first-order valence-electron chi connectivity index (χ1n) is 15.5. The van der Waals surface area contributed by atoms with Gasteiger partial charge in [0, 0.05) is 37.0 Å². The summed E-state index contributed by atoms with van der Waals surface area (Å²) < 4.78 is 35.4. The van der Waals surface area contributed by atoms with Gasteiger partial charge in [0.2, 0.25) is 0 Å². The van der Waals surface area contributed by atoms with Crippen molar-refractivity contribution in [3.63, 3.8) is 0 Å². The molecule has 1 aromatic rings. The molecule has 1 aromatic carbocycles. The highest BCUT2D eigenvalue weighted by atomic mass is 35.5. The molecule has 1 saturated carbocycles. The van der Waals surface area contributed by atoms with Gasteiger partial charge in [-0.3, -0.25) is 4.79 Å². The topological polar surface area (TPSA) is 92.7 Å². The van der Waals surface area contributed by atoms with Crippen LogP contribution in [-0.4, -0.2) is 68.9 Å². The molecule has 2 saturated heterocycles. The van der Waals surface area contributed by atoms with Gasteiger partial charge >= 0.3 is 5.97 Å². The van der Waals surface area contributed by atoms with E-state index >= 15 is 0 Å². The van der Waals surface area contributed by atoms with Crippen molar-refractivity contribution in [2.75, 3.05) is 26.9 Å². The summed E-state index contributed by atoms with van der Waals surface area (Å²) in [5, 5.41) is 11.8. The van der Waals surface area contributed by atoms with Gasteiger partial charge in [0.1, 0.15) is 18.5 Å². The summed E-state index contributed by atoms with van der Waals surface area (Å²) >= 11 is 6.04. The number of halogens is 1. The Morgan fingerprint density at radius 1 is 1.07 bits per heavy atom. The highest BCUT2D eigenvalue weighted by molar-refractivity contribution is 6.30. The van der Waals surface area contributed by atoms with Crippen molar-refractivity contribution in [2.45, 2.75) is 102 Å². The van der Waals surface area contributed by atoms with Crippen molar-refractivity contribution in [2.24, 2.45) is 11.8 Å². The highest BCUT2D eigenvalue weighted by Gasteiger charge is 2.42. The molecule has 3 aliphatic rings. The quantitative estimate of drug-likeness (QED) is 0.140. The SMILES string of the molecule is COC(=O)CCCC=CC[C@@H]1[C@@H](C=C[C@H](COc2ccc(Cl)cc2)OC2CCCCO2)[C@H](OC2CCCCO2)C[C@H]1O. The van der Waals surface area contributed by atoms with Crippen LogP contribution in [0.4, 0.5) is 0 Å². The number of rotatable bonds is 15. The predicted molar refractivity (Wildman–Crippen MR) is 160 cm³/mol. The lowest BCUT2D eigenvalue weighted by atomic mass is 9.89. The number of esters is 1.